The lowest BCUT2D eigenvalue weighted by Crippen LogP contribution is -2.25. The van der Waals surface area contributed by atoms with Crippen LogP contribution in [-0.2, 0) is 0 Å². The van der Waals surface area contributed by atoms with Crippen LogP contribution in [0.5, 0.6) is 0 Å². The summed E-state index contributed by atoms with van der Waals surface area (Å²) in [6.07, 6.45) is 12.6. The van der Waals surface area contributed by atoms with Gasteiger partial charge in [-0.05, 0) is 38.5 Å². The minimum atomic E-state index is -0.563. The Kier molecular flexibility index (Phi) is 5.57. The lowest BCUT2D eigenvalue weighted by Gasteiger charge is -2.16. The molecule has 0 saturated carbocycles. The van der Waals surface area contributed by atoms with E-state index in [-0.39, 0.29) is 0 Å². The van der Waals surface area contributed by atoms with Gasteiger partial charge in [0.1, 0.15) is 0 Å². The van der Waals surface area contributed by atoms with E-state index in [1.807, 2.05) is 0 Å². The van der Waals surface area contributed by atoms with E-state index in [1.54, 1.807) is 0 Å². The van der Waals surface area contributed by atoms with Crippen LogP contribution in [0.15, 0.2) is 24.3 Å². The van der Waals surface area contributed by atoms with Gasteiger partial charge in [0.25, 0.3) is 0 Å². The molecule has 0 bridgehead atoms. The molecule has 0 spiro atoms. The highest BCUT2D eigenvalue weighted by molar-refractivity contribution is 4.90. The molecule has 0 fully saturated rings. The molecule has 14 heavy (non-hydrogen) atoms. The molecule has 0 radical (unpaired) electrons. The summed E-state index contributed by atoms with van der Waals surface area (Å²) >= 11 is 0. The monoisotopic (exact) mass is 196 g/mol. The van der Waals surface area contributed by atoms with Gasteiger partial charge in [-0.25, -0.2) is 0 Å². The molecule has 80 valence electrons. The van der Waals surface area contributed by atoms with Gasteiger partial charge in [-0.1, -0.05) is 24.3 Å². The second-order valence-electron chi connectivity index (χ2n) is 3.81. The van der Waals surface area contributed by atoms with Crippen molar-refractivity contribution in [1.29, 1.82) is 0 Å². The molecular formula is C12H20O2. The molecule has 1 aliphatic rings. The highest BCUT2D eigenvalue weighted by Crippen LogP contribution is 2.10. The molecule has 2 N–H and O–H groups in total. The van der Waals surface area contributed by atoms with Gasteiger partial charge >= 0.3 is 0 Å². The maximum Gasteiger partial charge on any atom is 0.0802 e. The third-order valence-electron chi connectivity index (χ3n) is 2.54. The SMILES string of the molecule is O[C@@H]1CCC=CCC/C=C/CC[C@@H]1O. The first-order chi connectivity index (χ1) is 6.80. The fourth-order valence-corrected chi connectivity index (χ4v) is 1.58. The molecule has 0 heterocycles. The predicted molar refractivity (Wildman–Crippen MR) is 58.0 cm³/mol. The maximum absolute atomic E-state index is 9.55. The molecule has 1 aliphatic carbocycles. The zero-order chi connectivity index (χ0) is 10.2. The Hall–Kier alpha value is -0.600. The van der Waals surface area contributed by atoms with E-state index >= 15 is 0 Å². The van der Waals surface area contributed by atoms with Crippen molar-refractivity contribution >= 4 is 0 Å². The van der Waals surface area contributed by atoms with E-state index in [4.69, 9.17) is 0 Å². The summed E-state index contributed by atoms with van der Waals surface area (Å²) in [6.45, 7) is 0. The zero-order valence-electron chi connectivity index (χ0n) is 8.60. The van der Waals surface area contributed by atoms with Crippen LogP contribution >= 0.6 is 0 Å². The molecule has 0 saturated heterocycles. The second-order valence-corrected chi connectivity index (χ2v) is 3.81. The Bertz CT molecular complexity index is 174. The smallest absolute Gasteiger partial charge is 0.0802 e. The number of allylic oxidation sites excluding steroid dienone is 4. The van der Waals surface area contributed by atoms with E-state index in [0.717, 1.165) is 25.7 Å². The highest BCUT2D eigenvalue weighted by Gasteiger charge is 2.14. The molecule has 0 aromatic rings. The summed E-state index contributed by atoms with van der Waals surface area (Å²) in [6, 6.07) is 0. The van der Waals surface area contributed by atoms with Crippen molar-refractivity contribution in [2.45, 2.75) is 50.7 Å². The predicted octanol–water partition coefficient (Wildman–Crippen LogP) is 2.17. The van der Waals surface area contributed by atoms with Crippen molar-refractivity contribution in [3.8, 4) is 0 Å². The van der Waals surface area contributed by atoms with Crippen molar-refractivity contribution in [1.82, 2.24) is 0 Å². The lowest BCUT2D eigenvalue weighted by molar-refractivity contribution is 0.0111. The molecule has 0 aromatic heterocycles. The highest BCUT2D eigenvalue weighted by atomic mass is 16.3. The zero-order valence-corrected chi connectivity index (χ0v) is 8.60. The van der Waals surface area contributed by atoms with E-state index in [2.05, 4.69) is 24.3 Å². The molecular weight excluding hydrogens is 176 g/mol. The van der Waals surface area contributed by atoms with Gasteiger partial charge in [-0.15, -0.1) is 0 Å². The van der Waals surface area contributed by atoms with Gasteiger partial charge in [0.05, 0.1) is 12.2 Å². The average molecular weight is 196 g/mol. The van der Waals surface area contributed by atoms with Crippen molar-refractivity contribution in [3.05, 3.63) is 24.3 Å². The van der Waals surface area contributed by atoms with Crippen molar-refractivity contribution in [3.63, 3.8) is 0 Å². The molecule has 1 rings (SSSR count). The molecule has 2 nitrogen and oxygen atoms in total. The van der Waals surface area contributed by atoms with Gasteiger partial charge < -0.3 is 10.2 Å². The quantitative estimate of drug-likeness (QED) is 0.583. The largest absolute Gasteiger partial charge is 0.390 e. The number of aliphatic hydroxyl groups excluding tert-OH is 2. The van der Waals surface area contributed by atoms with Crippen LogP contribution in [0.3, 0.4) is 0 Å². The summed E-state index contributed by atoms with van der Waals surface area (Å²) in [4.78, 5) is 0. The molecule has 0 amide bonds. The third-order valence-corrected chi connectivity index (χ3v) is 2.54. The van der Waals surface area contributed by atoms with Gasteiger partial charge in [-0.3, -0.25) is 0 Å². The minimum Gasteiger partial charge on any atom is -0.390 e. The lowest BCUT2D eigenvalue weighted by atomic mass is 10.0. The molecule has 0 unspecified atom stereocenters. The number of aliphatic hydroxyl groups is 2. The Labute approximate surface area is 86.0 Å². The van der Waals surface area contributed by atoms with Crippen LogP contribution in [-0.4, -0.2) is 22.4 Å². The molecule has 2 atom stereocenters. The van der Waals surface area contributed by atoms with Crippen LogP contribution < -0.4 is 0 Å². The summed E-state index contributed by atoms with van der Waals surface area (Å²) < 4.78 is 0. The second kappa shape index (κ2) is 6.80. The van der Waals surface area contributed by atoms with Gasteiger partial charge in [-0.2, -0.15) is 0 Å². The minimum absolute atomic E-state index is 0.563. The van der Waals surface area contributed by atoms with E-state index in [9.17, 15) is 10.2 Å². The Balaban J connectivity index is 2.41. The van der Waals surface area contributed by atoms with Crippen LogP contribution in [0.2, 0.25) is 0 Å². The molecule has 0 aromatic carbocycles. The standard InChI is InChI=1S/C12H20O2/c13-11-9-7-5-3-1-2-4-6-8-10-12(11)14/h3-6,11-14H,1-2,7-10H2/b5-3+,6-4?/t11-,12+/m0/s1. The van der Waals surface area contributed by atoms with Crippen LogP contribution in [0.4, 0.5) is 0 Å². The summed E-state index contributed by atoms with van der Waals surface area (Å²) in [5.74, 6) is 0. The summed E-state index contributed by atoms with van der Waals surface area (Å²) in [5, 5.41) is 19.1. The van der Waals surface area contributed by atoms with E-state index in [1.165, 1.54) is 0 Å². The van der Waals surface area contributed by atoms with Crippen LogP contribution in [0, 0.1) is 0 Å². The molecule has 2 heteroatoms. The Morgan fingerprint density at radius 2 is 1.00 bits per heavy atom. The Morgan fingerprint density at radius 3 is 1.43 bits per heavy atom. The van der Waals surface area contributed by atoms with Crippen LogP contribution in [0.25, 0.3) is 0 Å². The fraction of sp³-hybridized carbons (Fsp3) is 0.667. The average Bonchev–Trinajstić information content (AvgIpc) is 2.18. The number of rotatable bonds is 0. The molecule has 0 aliphatic heterocycles. The van der Waals surface area contributed by atoms with Gasteiger partial charge in [0.2, 0.25) is 0 Å². The first-order valence-corrected chi connectivity index (χ1v) is 5.47. The number of hydrogen-bond acceptors (Lipinski definition) is 2. The fourth-order valence-electron chi connectivity index (χ4n) is 1.58. The maximum atomic E-state index is 9.55. The van der Waals surface area contributed by atoms with Gasteiger partial charge in [0, 0.05) is 0 Å². The summed E-state index contributed by atoms with van der Waals surface area (Å²) in [7, 11) is 0. The Morgan fingerprint density at radius 1 is 0.643 bits per heavy atom. The van der Waals surface area contributed by atoms with Gasteiger partial charge in [0.15, 0.2) is 0 Å². The normalized spacial score (nSPS) is 33.0. The summed E-state index contributed by atoms with van der Waals surface area (Å²) in [5.41, 5.74) is 0. The van der Waals surface area contributed by atoms with E-state index in [0.29, 0.717) is 12.8 Å². The van der Waals surface area contributed by atoms with Crippen LogP contribution in [0.1, 0.15) is 38.5 Å². The van der Waals surface area contributed by atoms with Crippen molar-refractivity contribution in [2.24, 2.45) is 0 Å². The first-order valence-electron chi connectivity index (χ1n) is 5.47. The first kappa shape index (κ1) is 11.5. The third kappa shape index (κ3) is 4.58. The van der Waals surface area contributed by atoms with E-state index < -0.39 is 12.2 Å². The topological polar surface area (TPSA) is 40.5 Å². The van der Waals surface area contributed by atoms with Crippen molar-refractivity contribution in [2.75, 3.05) is 0 Å². The van der Waals surface area contributed by atoms with Crippen molar-refractivity contribution < 1.29 is 10.2 Å². The number of hydrogen-bond donors (Lipinski definition) is 2.